The van der Waals surface area contributed by atoms with Crippen molar-refractivity contribution in [1.82, 2.24) is 0 Å². The molecule has 0 atom stereocenters. The van der Waals surface area contributed by atoms with Crippen molar-refractivity contribution in [2.45, 2.75) is 18.7 Å². The number of halogens is 1. The highest BCUT2D eigenvalue weighted by molar-refractivity contribution is 7.98. The molecule has 0 aliphatic heterocycles. The first-order valence-corrected chi connectivity index (χ1v) is 8.36. The third-order valence-electron chi connectivity index (χ3n) is 3.09. The van der Waals surface area contributed by atoms with Gasteiger partial charge in [0, 0.05) is 9.92 Å². The Balaban J connectivity index is 2.47. The smallest absolute Gasteiger partial charge is 0.138 e. The van der Waals surface area contributed by atoms with Crippen molar-refractivity contribution in [2.75, 3.05) is 6.26 Å². The Morgan fingerprint density at radius 3 is 2.38 bits per heavy atom. The van der Waals surface area contributed by atoms with Crippen LogP contribution < -0.4 is 10.5 Å². The molecule has 2 aromatic carbocycles. The van der Waals surface area contributed by atoms with Gasteiger partial charge in [0.05, 0.1) is 5.56 Å². The average molecular weight is 338 g/mol. The van der Waals surface area contributed by atoms with Gasteiger partial charge in [0.2, 0.25) is 0 Å². The van der Waals surface area contributed by atoms with Crippen LogP contribution in [0.3, 0.4) is 0 Å². The van der Waals surface area contributed by atoms with Crippen LogP contribution in [0.25, 0.3) is 0 Å². The maximum Gasteiger partial charge on any atom is 0.138 e. The molecule has 2 nitrogen and oxygen atoms in total. The molecule has 2 N–H and O–H groups in total. The van der Waals surface area contributed by atoms with Crippen LogP contribution in [0.5, 0.6) is 11.5 Å². The Bertz CT molecular complexity index is 678. The minimum Gasteiger partial charge on any atom is -0.457 e. The number of ether oxygens (including phenoxy) is 1. The normalized spacial score (nSPS) is 10.5. The topological polar surface area (TPSA) is 35.2 Å². The van der Waals surface area contributed by atoms with Crippen molar-refractivity contribution in [3.05, 3.63) is 52.0 Å². The van der Waals surface area contributed by atoms with E-state index in [9.17, 15) is 0 Å². The summed E-state index contributed by atoms with van der Waals surface area (Å²) in [6.45, 7) is 3.91. The molecule has 0 saturated heterocycles. The highest BCUT2D eigenvalue weighted by Gasteiger charge is 2.13. The summed E-state index contributed by atoms with van der Waals surface area (Å²) >= 11 is 12.9. The predicted molar refractivity (Wildman–Crippen MR) is 95.1 cm³/mol. The van der Waals surface area contributed by atoms with Gasteiger partial charge in [-0.3, -0.25) is 0 Å². The molecule has 0 radical (unpaired) electrons. The fraction of sp³-hybridized carbons (Fsp3) is 0.188. The monoisotopic (exact) mass is 337 g/mol. The van der Waals surface area contributed by atoms with Crippen molar-refractivity contribution in [1.29, 1.82) is 0 Å². The molecule has 2 rings (SSSR count). The number of aryl methyl sites for hydroxylation is 2. The average Bonchev–Trinajstić information content (AvgIpc) is 2.44. The van der Waals surface area contributed by atoms with Crippen LogP contribution in [0.4, 0.5) is 0 Å². The van der Waals surface area contributed by atoms with E-state index >= 15 is 0 Å². The minimum atomic E-state index is 0.331. The molecule has 0 aliphatic rings. The van der Waals surface area contributed by atoms with Crippen molar-refractivity contribution >= 4 is 40.6 Å². The van der Waals surface area contributed by atoms with Gasteiger partial charge >= 0.3 is 0 Å². The number of hydrogen-bond donors (Lipinski definition) is 1. The second-order valence-electron chi connectivity index (χ2n) is 4.67. The summed E-state index contributed by atoms with van der Waals surface area (Å²) in [6.07, 6.45) is 1.98. The van der Waals surface area contributed by atoms with E-state index in [0.29, 0.717) is 10.7 Å². The molecular formula is C16H16ClNOS2. The second-order valence-corrected chi connectivity index (χ2v) is 6.34. The van der Waals surface area contributed by atoms with Gasteiger partial charge in [-0.1, -0.05) is 29.9 Å². The van der Waals surface area contributed by atoms with Crippen LogP contribution in [-0.4, -0.2) is 11.2 Å². The summed E-state index contributed by atoms with van der Waals surface area (Å²) in [7, 11) is 0. The molecule has 21 heavy (non-hydrogen) atoms. The molecule has 0 amide bonds. The van der Waals surface area contributed by atoms with Gasteiger partial charge in [-0.2, -0.15) is 0 Å². The number of benzene rings is 2. The highest BCUT2D eigenvalue weighted by Crippen LogP contribution is 2.34. The highest BCUT2D eigenvalue weighted by atomic mass is 35.5. The number of thioether (sulfide) groups is 1. The lowest BCUT2D eigenvalue weighted by molar-refractivity contribution is 0.479. The van der Waals surface area contributed by atoms with Gasteiger partial charge in [-0.15, -0.1) is 11.8 Å². The first-order chi connectivity index (χ1) is 9.93. The van der Waals surface area contributed by atoms with Gasteiger partial charge in [-0.05, 0) is 55.5 Å². The van der Waals surface area contributed by atoms with Crippen LogP contribution in [0, 0.1) is 13.8 Å². The lowest BCUT2D eigenvalue weighted by Gasteiger charge is -2.14. The van der Waals surface area contributed by atoms with Crippen LogP contribution in [0.2, 0.25) is 5.02 Å². The zero-order valence-electron chi connectivity index (χ0n) is 12.1. The van der Waals surface area contributed by atoms with Crippen LogP contribution in [-0.2, 0) is 0 Å². The number of rotatable bonds is 4. The second kappa shape index (κ2) is 6.69. The van der Waals surface area contributed by atoms with Gasteiger partial charge < -0.3 is 10.5 Å². The van der Waals surface area contributed by atoms with E-state index in [1.165, 1.54) is 0 Å². The van der Waals surface area contributed by atoms with E-state index in [0.717, 1.165) is 32.4 Å². The fourth-order valence-corrected chi connectivity index (χ4v) is 3.11. The summed E-state index contributed by atoms with van der Waals surface area (Å²) in [5.41, 5.74) is 8.57. The molecule has 0 fully saturated rings. The zero-order chi connectivity index (χ0) is 15.6. The van der Waals surface area contributed by atoms with E-state index in [2.05, 4.69) is 0 Å². The summed E-state index contributed by atoms with van der Waals surface area (Å²) in [5, 5.41) is 0.759. The van der Waals surface area contributed by atoms with E-state index in [1.807, 2.05) is 50.4 Å². The molecule has 0 aromatic heterocycles. The first-order valence-electron chi connectivity index (χ1n) is 6.35. The third kappa shape index (κ3) is 3.51. The van der Waals surface area contributed by atoms with Gasteiger partial charge in [-0.25, -0.2) is 0 Å². The Morgan fingerprint density at radius 2 is 1.86 bits per heavy atom. The summed E-state index contributed by atoms with van der Waals surface area (Å²) in [5.74, 6) is 1.39. The molecule has 110 valence electrons. The third-order valence-corrected chi connectivity index (χ3v) is 4.67. The molecule has 0 heterocycles. The minimum absolute atomic E-state index is 0.331. The van der Waals surface area contributed by atoms with Crippen molar-refractivity contribution in [3.8, 4) is 11.5 Å². The molecule has 5 heteroatoms. The van der Waals surface area contributed by atoms with Crippen molar-refractivity contribution in [2.24, 2.45) is 5.73 Å². The quantitative estimate of drug-likeness (QED) is 0.621. The van der Waals surface area contributed by atoms with E-state index in [4.69, 9.17) is 34.3 Å². The summed E-state index contributed by atoms with van der Waals surface area (Å²) in [6, 6.07) is 9.59. The van der Waals surface area contributed by atoms with Gasteiger partial charge in [0.25, 0.3) is 0 Å². The zero-order valence-corrected chi connectivity index (χ0v) is 14.5. The first kappa shape index (κ1) is 16.1. The lowest BCUT2D eigenvalue weighted by Crippen LogP contribution is -2.12. The van der Waals surface area contributed by atoms with Crippen LogP contribution in [0.1, 0.15) is 16.7 Å². The van der Waals surface area contributed by atoms with Crippen LogP contribution in [0.15, 0.2) is 35.2 Å². The van der Waals surface area contributed by atoms with Crippen LogP contribution >= 0.6 is 35.6 Å². The van der Waals surface area contributed by atoms with Crippen molar-refractivity contribution in [3.63, 3.8) is 0 Å². The SMILES string of the molecule is CSc1cccc(Oc2cc(C)c(Cl)c(C)c2)c1C(N)=S. The van der Waals surface area contributed by atoms with E-state index in [-0.39, 0.29) is 0 Å². The van der Waals surface area contributed by atoms with Gasteiger partial charge in [0.15, 0.2) is 0 Å². The molecule has 0 saturated carbocycles. The number of nitrogens with two attached hydrogens (primary N) is 1. The summed E-state index contributed by atoms with van der Waals surface area (Å²) in [4.78, 5) is 1.33. The molecule has 0 unspecified atom stereocenters. The number of thiocarbonyl (C=S) groups is 1. The summed E-state index contributed by atoms with van der Waals surface area (Å²) < 4.78 is 5.99. The predicted octanol–water partition coefficient (Wildman–Crippen LogP) is 5.11. The standard InChI is InChI=1S/C16H16ClNOS2/c1-9-7-11(8-10(2)15(9)17)19-12-5-4-6-13(21-3)14(12)16(18)20/h4-8H,1-3H3,(H2,18,20). The molecule has 0 spiro atoms. The molecular weight excluding hydrogens is 322 g/mol. The lowest BCUT2D eigenvalue weighted by atomic mass is 10.1. The molecule has 2 aromatic rings. The number of hydrogen-bond acceptors (Lipinski definition) is 3. The maximum atomic E-state index is 6.18. The fourth-order valence-electron chi connectivity index (χ4n) is 2.10. The largest absolute Gasteiger partial charge is 0.457 e. The van der Waals surface area contributed by atoms with E-state index in [1.54, 1.807) is 11.8 Å². The Hall–Kier alpha value is -1.23. The molecule has 0 bridgehead atoms. The Kier molecular flexibility index (Phi) is 5.14. The Morgan fingerprint density at radius 1 is 1.24 bits per heavy atom. The van der Waals surface area contributed by atoms with Crippen molar-refractivity contribution < 1.29 is 4.74 Å². The maximum absolute atomic E-state index is 6.18. The Labute approximate surface area is 139 Å². The van der Waals surface area contributed by atoms with E-state index < -0.39 is 0 Å². The molecule has 0 aliphatic carbocycles. The van der Waals surface area contributed by atoms with Gasteiger partial charge in [0.1, 0.15) is 16.5 Å².